The molecule has 1 aromatic heterocycles. The van der Waals surface area contributed by atoms with Gasteiger partial charge in [-0.3, -0.25) is 0 Å². The van der Waals surface area contributed by atoms with Crippen LogP contribution in [0.2, 0.25) is 0 Å². The van der Waals surface area contributed by atoms with Crippen LogP contribution in [0.1, 0.15) is 25.0 Å². The lowest BCUT2D eigenvalue weighted by Gasteiger charge is -2.26. The molecule has 56 heavy (non-hydrogen) atoms. The third-order valence-corrected chi connectivity index (χ3v) is 12.6. The second kappa shape index (κ2) is 11.5. The molecular weight excluding hydrogens is 677 g/mol. The van der Waals surface area contributed by atoms with Crippen LogP contribution in [0.3, 0.4) is 0 Å². The van der Waals surface area contributed by atoms with E-state index in [0.717, 1.165) is 16.6 Å². The summed E-state index contributed by atoms with van der Waals surface area (Å²) in [7, 11) is 0. The maximum atomic E-state index is 7.19. The van der Waals surface area contributed by atoms with Gasteiger partial charge in [0, 0.05) is 27.3 Å². The maximum absolute atomic E-state index is 7.19. The number of rotatable bonds is 3. The average Bonchev–Trinajstić information content (AvgIpc) is 3.74. The maximum Gasteiger partial charge on any atom is 0.143 e. The van der Waals surface area contributed by atoms with Gasteiger partial charge in [-0.1, -0.05) is 184 Å². The second-order valence-electron chi connectivity index (χ2n) is 15.9. The molecule has 10 aromatic carbocycles. The van der Waals surface area contributed by atoms with Gasteiger partial charge in [-0.05, 0) is 99.7 Å². The number of benzene rings is 10. The quantitative estimate of drug-likeness (QED) is 0.166. The summed E-state index contributed by atoms with van der Waals surface area (Å²) in [5, 5.41) is 12.2. The molecule has 1 heterocycles. The van der Waals surface area contributed by atoms with Crippen molar-refractivity contribution in [3.05, 3.63) is 193 Å². The van der Waals surface area contributed by atoms with Crippen LogP contribution < -0.4 is 0 Å². The highest BCUT2D eigenvalue weighted by Gasteiger charge is 2.40. The number of furan rings is 1. The Bertz CT molecular complexity index is 3380. The fraction of sp³-hybridized carbons (Fsp3) is 0.0545. The smallest absolute Gasteiger partial charge is 0.143 e. The molecule has 0 radical (unpaired) electrons. The van der Waals surface area contributed by atoms with Crippen LogP contribution in [0.5, 0.6) is 0 Å². The Morgan fingerprint density at radius 2 is 0.929 bits per heavy atom. The Morgan fingerprint density at radius 1 is 0.375 bits per heavy atom. The van der Waals surface area contributed by atoms with Gasteiger partial charge in [-0.25, -0.2) is 0 Å². The summed E-state index contributed by atoms with van der Waals surface area (Å²) in [6, 6.07) is 66.9. The molecular formula is C55H36O. The van der Waals surface area contributed by atoms with Crippen molar-refractivity contribution >= 4 is 65.0 Å². The van der Waals surface area contributed by atoms with Crippen molar-refractivity contribution in [3.63, 3.8) is 0 Å². The standard InChI is InChI=1S/C55H36O/c1-55(2)47-27-15-14-22-39(47)45-32-46-50-36-19-7-6-18-34(36)28-31-48(50)56-54(46)52(53(45)55)51-42-25-12-10-23-40(42)49(41-24-11-13-26-43(41)51)44-30-29-35(33-16-4-3-5-17-33)37-20-8-9-21-38(37)44/h3-32H,1-2H3. The Labute approximate surface area is 325 Å². The zero-order chi connectivity index (χ0) is 37.1. The summed E-state index contributed by atoms with van der Waals surface area (Å²) in [6.45, 7) is 4.79. The number of hydrogen-bond acceptors (Lipinski definition) is 1. The van der Waals surface area contributed by atoms with E-state index in [4.69, 9.17) is 4.42 Å². The largest absolute Gasteiger partial charge is 0.455 e. The lowest BCUT2D eigenvalue weighted by atomic mass is 9.76. The lowest BCUT2D eigenvalue weighted by molar-refractivity contribution is 0.650. The van der Waals surface area contributed by atoms with E-state index in [1.54, 1.807) is 0 Å². The van der Waals surface area contributed by atoms with E-state index in [9.17, 15) is 0 Å². The van der Waals surface area contributed by atoms with E-state index in [1.165, 1.54) is 104 Å². The second-order valence-corrected chi connectivity index (χ2v) is 15.9. The predicted molar refractivity (Wildman–Crippen MR) is 238 cm³/mol. The van der Waals surface area contributed by atoms with E-state index < -0.39 is 0 Å². The first-order valence-electron chi connectivity index (χ1n) is 19.6. The Morgan fingerprint density at radius 3 is 1.64 bits per heavy atom. The van der Waals surface area contributed by atoms with Crippen molar-refractivity contribution in [2.24, 2.45) is 0 Å². The lowest BCUT2D eigenvalue weighted by Crippen LogP contribution is -2.16. The van der Waals surface area contributed by atoms with E-state index in [2.05, 4.69) is 196 Å². The van der Waals surface area contributed by atoms with Gasteiger partial charge >= 0.3 is 0 Å². The molecule has 1 aliphatic carbocycles. The minimum atomic E-state index is -0.263. The minimum absolute atomic E-state index is 0.263. The van der Waals surface area contributed by atoms with Gasteiger partial charge in [0.25, 0.3) is 0 Å². The van der Waals surface area contributed by atoms with Crippen LogP contribution in [0.25, 0.3) is 110 Å². The Kier molecular flexibility index (Phi) is 6.46. The summed E-state index contributed by atoms with van der Waals surface area (Å²) in [6.07, 6.45) is 0. The molecule has 0 N–H and O–H groups in total. The van der Waals surface area contributed by atoms with E-state index in [0.29, 0.717) is 0 Å². The van der Waals surface area contributed by atoms with Gasteiger partial charge in [0.15, 0.2) is 0 Å². The highest BCUT2D eigenvalue weighted by molar-refractivity contribution is 6.29. The number of hydrogen-bond donors (Lipinski definition) is 0. The first-order chi connectivity index (χ1) is 27.6. The molecule has 0 spiro atoms. The van der Waals surface area contributed by atoms with Crippen LogP contribution >= 0.6 is 0 Å². The molecule has 0 amide bonds. The van der Waals surface area contributed by atoms with Crippen LogP contribution in [-0.4, -0.2) is 0 Å². The molecule has 1 heteroatoms. The van der Waals surface area contributed by atoms with Gasteiger partial charge in [0.1, 0.15) is 11.2 Å². The Hall–Kier alpha value is -6.96. The molecule has 1 aliphatic rings. The van der Waals surface area contributed by atoms with E-state index in [1.807, 2.05) is 0 Å². The third-order valence-electron chi connectivity index (χ3n) is 12.6. The van der Waals surface area contributed by atoms with Gasteiger partial charge in [0.05, 0.1) is 0 Å². The molecule has 262 valence electrons. The molecule has 11 aromatic rings. The summed E-state index contributed by atoms with van der Waals surface area (Å²) >= 11 is 0. The molecule has 0 saturated carbocycles. The first-order valence-corrected chi connectivity index (χ1v) is 19.6. The van der Waals surface area contributed by atoms with Gasteiger partial charge in [-0.2, -0.15) is 0 Å². The predicted octanol–water partition coefficient (Wildman–Crippen LogP) is 15.5. The monoisotopic (exact) mass is 712 g/mol. The van der Waals surface area contributed by atoms with Crippen molar-refractivity contribution in [3.8, 4) is 44.5 Å². The topological polar surface area (TPSA) is 13.1 Å². The van der Waals surface area contributed by atoms with Crippen LogP contribution in [0.15, 0.2) is 186 Å². The fourth-order valence-electron chi connectivity index (χ4n) is 10.3. The van der Waals surface area contributed by atoms with Crippen molar-refractivity contribution < 1.29 is 4.42 Å². The number of fused-ring (bicyclic) bond motifs is 11. The molecule has 0 unspecified atom stereocenters. The Balaban J connectivity index is 1.26. The normalized spacial score (nSPS) is 13.3. The van der Waals surface area contributed by atoms with Crippen LogP contribution in [-0.2, 0) is 5.41 Å². The zero-order valence-electron chi connectivity index (χ0n) is 31.2. The van der Waals surface area contributed by atoms with Gasteiger partial charge in [-0.15, -0.1) is 0 Å². The fourth-order valence-corrected chi connectivity index (χ4v) is 10.3. The van der Waals surface area contributed by atoms with Crippen molar-refractivity contribution in [1.29, 1.82) is 0 Å². The molecule has 0 atom stereocenters. The van der Waals surface area contributed by atoms with Crippen molar-refractivity contribution in [1.82, 2.24) is 0 Å². The first kappa shape index (κ1) is 31.4. The zero-order valence-corrected chi connectivity index (χ0v) is 31.2. The van der Waals surface area contributed by atoms with Crippen LogP contribution in [0, 0.1) is 0 Å². The average molecular weight is 713 g/mol. The molecule has 0 fully saturated rings. The molecule has 1 nitrogen and oxygen atoms in total. The molecule has 0 bridgehead atoms. The summed E-state index contributed by atoms with van der Waals surface area (Å²) in [4.78, 5) is 0. The van der Waals surface area contributed by atoms with E-state index in [-0.39, 0.29) is 5.41 Å². The minimum Gasteiger partial charge on any atom is -0.455 e. The van der Waals surface area contributed by atoms with Crippen molar-refractivity contribution in [2.45, 2.75) is 19.3 Å². The van der Waals surface area contributed by atoms with Gasteiger partial charge < -0.3 is 4.42 Å². The van der Waals surface area contributed by atoms with Crippen LogP contribution in [0.4, 0.5) is 0 Å². The van der Waals surface area contributed by atoms with Gasteiger partial charge in [0.2, 0.25) is 0 Å². The highest BCUT2D eigenvalue weighted by Crippen LogP contribution is 2.58. The van der Waals surface area contributed by atoms with Crippen molar-refractivity contribution in [2.75, 3.05) is 0 Å². The summed E-state index contributed by atoms with van der Waals surface area (Å²) in [5.41, 5.74) is 14.3. The third kappa shape index (κ3) is 4.20. The summed E-state index contributed by atoms with van der Waals surface area (Å²) < 4.78 is 7.19. The SMILES string of the molecule is CC1(C)c2ccccc2-c2cc3c(oc4ccc5ccccc5c43)c(-c3c4ccccc4c(-c4ccc(-c5ccccc5)c5ccccc45)c4ccccc34)c21. The van der Waals surface area contributed by atoms with E-state index >= 15 is 0 Å². The molecule has 0 aliphatic heterocycles. The molecule has 12 rings (SSSR count). The highest BCUT2D eigenvalue weighted by atomic mass is 16.3. The summed E-state index contributed by atoms with van der Waals surface area (Å²) in [5.74, 6) is 0. The molecule has 0 saturated heterocycles.